The maximum atomic E-state index is 13.5. The molecule has 2 aromatic carbocycles. The number of likely N-dealkylation sites (tertiary alicyclic amines) is 1. The lowest BCUT2D eigenvalue weighted by molar-refractivity contribution is -0.135. The molecular formula is C25H31N3O2. The van der Waals surface area contributed by atoms with Crippen molar-refractivity contribution in [1.29, 1.82) is 0 Å². The fraction of sp³-hybridized carbons (Fsp3) is 0.480. The minimum atomic E-state index is 0.0113. The smallest absolute Gasteiger partial charge is 0.228 e. The molecule has 3 heterocycles. The van der Waals surface area contributed by atoms with E-state index in [1.165, 1.54) is 22.5 Å². The summed E-state index contributed by atoms with van der Waals surface area (Å²) in [7, 11) is 1.72. The van der Waals surface area contributed by atoms with Crippen LogP contribution in [0, 0.1) is 12.8 Å². The molecule has 0 spiro atoms. The summed E-state index contributed by atoms with van der Waals surface area (Å²) in [4.78, 5) is 20.6. The molecule has 1 amide bonds. The SMILES string of the molecule is COc1ccc2c(c1)N1CCN(c3ccc(C)cc3)C[C@@H]1[C@H](C(=O)N1CCCC1)C2. The monoisotopic (exact) mass is 405 g/mol. The van der Waals surface area contributed by atoms with Crippen LogP contribution in [0.3, 0.4) is 0 Å². The van der Waals surface area contributed by atoms with Gasteiger partial charge in [-0.05, 0) is 49.9 Å². The molecule has 0 aromatic heterocycles. The van der Waals surface area contributed by atoms with Gasteiger partial charge in [-0.25, -0.2) is 0 Å². The summed E-state index contributed by atoms with van der Waals surface area (Å²) in [5.41, 5.74) is 5.05. The molecule has 3 aliphatic heterocycles. The Balaban J connectivity index is 1.48. The first-order valence-electron chi connectivity index (χ1n) is 11.2. The summed E-state index contributed by atoms with van der Waals surface area (Å²) in [6, 6.07) is 15.3. The van der Waals surface area contributed by atoms with E-state index in [2.05, 4.69) is 58.0 Å². The zero-order chi connectivity index (χ0) is 20.7. The zero-order valence-corrected chi connectivity index (χ0v) is 18.0. The van der Waals surface area contributed by atoms with Crippen LogP contribution in [0.2, 0.25) is 0 Å². The lowest BCUT2D eigenvalue weighted by Gasteiger charge is -2.50. The number of aryl methyl sites for hydroxylation is 1. The number of amides is 1. The number of ether oxygens (including phenoxy) is 1. The molecule has 158 valence electrons. The van der Waals surface area contributed by atoms with Crippen molar-refractivity contribution in [2.45, 2.75) is 32.2 Å². The summed E-state index contributed by atoms with van der Waals surface area (Å²) in [5, 5.41) is 0. The van der Waals surface area contributed by atoms with Gasteiger partial charge in [0, 0.05) is 50.2 Å². The number of piperazine rings is 1. The van der Waals surface area contributed by atoms with Crippen LogP contribution in [0.4, 0.5) is 11.4 Å². The van der Waals surface area contributed by atoms with Crippen LogP contribution in [-0.2, 0) is 11.2 Å². The van der Waals surface area contributed by atoms with Gasteiger partial charge in [-0.3, -0.25) is 4.79 Å². The number of nitrogens with zero attached hydrogens (tertiary/aromatic N) is 3. The summed E-state index contributed by atoms with van der Waals surface area (Å²) in [6.07, 6.45) is 3.09. The summed E-state index contributed by atoms with van der Waals surface area (Å²) < 4.78 is 5.50. The van der Waals surface area contributed by atoms with Gasteiger partial charge in [0.25, 0.3) is 0 Å². The molecule has 5 rings (SSSR count). The molecule has 5 heteroatoms. The lowest BCUT2D eigenvalue weighted by atomic mass is 9.83. The van der Waals surface area contributed by atoms with Gasteiger partial charge in [0.05, 0.1) is 19.1 Å². The first-order valence-corrected chi connectivity index (χ1v) is 11.2. The van der Waals surface area contributed by atoms with Gasteiger partial charge in [-0.1, -0.05) is 23.8 Å². The Morgan fingerprint density at radius 1 is 1.00 bits per heavy atom. The second-order valence-corrected chi connectivity index (χ2v) is 8.88. The van der Waals surface area contributed by atoms with Crippen LogP contribution in [0.1, 0.15) is 24.0 Å². The fourth-order valence-electron chi connectivity index (χ4n) is 5.35. The molecule has 0 bridgehead atoms. The van der Waals surface area contributed by atoms with Crippen molar-refractivity contribution in [1.82, 2.24) is 4.90 Å². The van der Waals surface area contributed by atoms with Crippen LogP contribution < -0.4 is 14.5 Å². The minimum absolute atomic E-state index is 0.0113. The van der Waals surface area contributed by atoms with Gasteiger partial charge in [0.2, 0.25) is 5.91 Å². The molecule has 5 nitrogen and oxygen atoms in total. The Hall–Kier alpha value is -2.69. The van der Waals surface area contributed by atoms with E-state index >= 15 is 0 Å². The highest BCUT2D eigenvalue weighted by Gasteiger charge is 2.43. The van der Waals surface area contributed by atoms with E-state index in [4.69, 9.17) is 4.74 Å². The number of carbonyl (C=O) groups is 1. The average molecular weight is 406 g/mol. The molecule has 2 atom stereocenters. The topological polar surface area (TPSA) is 36.0 Å². The molecule has 0 N–H and O–H groups in total. The summed E-state index contributed by atoms with van der Waals surface area (Å²) in [5.74, 6) is 1.24. The number of carbonyl (C=O) groups excluding carboxylic acids is 1. The Morgan fingerprint density at radius 2 is 1.77 bits per heavy atom. The van der Waals surface area contributed by atoms with Crippen LogP contribution >= 0.6 is 0 Å². The molecule has 0 saturated carbocycles. The van der Waals surface area contributed by atoms with Gasteiger partial charge in [-0.2, -0.15) is 0 Å². The van der Waals surface area contributed by atoms with E-state index < -0.39 is 0 Å². The van der Waals surface area contributed by atoms with Crippen LogP contribution in [0.25, 0.3) is 0 Å². The third-order valence-electron chi connectivity index (χ3n) is 7.06. The Kier molecular flexibility index (Phi) is 5.05. The molecule has 30 heavy (non-hydrogen) atoms. The van der Waals surface area contributed by atoms with Crippen molar-refractivity contribution < 1.29 is 9.53 Å². The number of rotatable bonds is 3. The van der Waals surface area contributed by atoms with Crippen molar-refractivity contribution in [3.63, 3.8) is 0 Å². The van der Waals surface area contributed by atoms with E-state index in [1.54, 1.807) is 7.11 Å². The standard InChI is InChI=1S/C25H31N3O2/c1-18-5-8-20(9-6-18)27-13-14-28-23-16-21(30-2)10-7-19(23)15-22(24(28)17-27)25(29)26-11-3-4-12-26/h5-10,16,22,24H,3-4,11-15,17H2,1-2H3/t22-,24-/m1/s1. The first-order chi connectivity index (χ1) is 14.6. The zero-order valence-electron chi connectivity index (χ0n) is 18.0. The number of hydrogen-bond donors (Lipinski definition) is 0. The molecule has 0 aliphatic carbocycles. The number of benzene rings is 2. The summed E-state index contributed by atoms with van der Waals surface area (Å²) >= 11 is 0. The molecule has 0 radical (unpaired) electrons. The fourth-order valence-corrected chi connectivity index (χ4v) is 5.35. The first kappa shape index (κ1) is 19.3. The van der Waals surface area contributed by atoms with E-state index in [1.807, 2.05) is 6.07 Å². The van der Waals surface area contributed by atoms with Gasteiger partial charge in [0.1, 0.15) is 5.75 Å². The van der Waals surface area contributed by atoms with Crippen LogP contribution in [0.15, 0.2) is 42.5 Å². The van der Waals surface area contributed by atoms with Gasteiger partial charge in [0.15, 0.2) is 0 Å². The van der Waals surface area contributed by atoms with E-state index in [9.17, 15) is 4.79 Å². The molecule has 2 fully saturated rings. The molecule has 0 unspecified atom stereocenters. The van der Waals surface area contributed by atoms with E-state index in [0.29, 0.717) is 5.91 Å². The normalized spacial score (nSPS) is 23.2. The van der Waals surface area contributed by atoms with Crippen molar-refractivity contribution in [3.05, 3.63) is 53.6 Å². The number of anilines is 2. The van der Waals surface area contributed by atoms with Crippen LogP contribution in [0.5, 0.6) is 5.75 Å². The number of methoxy groups -OCH3 is 1. The lowest BCUT2D eigenvalue weighted by Crippen LogP contribution is -2.61. The maximum absolute atomic E-state index is 13.5. The number of fused-ring (bicyclic) bond motifs is 3. The van der Waals surface area contributed by atoms with Gasteiger partial charge in [-0.15, -0.1) is 0 Å². The third-order valence-corrected chi connectivity index (χ3v) is 7.06. The van der Waals surface area contributed by atoms with Gasteiger partial charge < -0.3 is 19.4 Å². The highest BCUT2D eigenvalue weighted by Crippen LogP contribution is 2.39. The quantitative estimate of drug-likeness (QED) is 0.783. The molecule has 2 saturated heterocycles. The van der Waals surface area contributed by atoms with Crippen molar-refractivity contribution in [3.8, 4) is 5.75 Å². The Labute approximate surface area is 179 Å². The van der Waals surface area contributed by atoms with Gasteiger partial charge >= 0.3 is 0 Å². The molecule has 2 aromatic rings. The Bertz CT molecular complexity index is 920. The van der Waals surface area contributed by atoms with Crippen molar-refractivity contribution in [2.24, 2.45) is 5.92 Å². The molecule has 3 aliphatic rings. The Morgan fingerprint density at radius 3 is 2.50 bits per heavy atom. The second kappa shape index (κ2) is 7.86. The highest BCUT2D eigenvalue weighted by molar-refractivity contribution is 5.83. The second-order valence-electron chi connectivity index (χ2n) is 8.88. The van der Waals surface area contributed by atoms with E-state index in [-0.39, 0.29) is 12.0 Å². The number of hydrogen-bond acceptors (Lipinski definition) is 4. The predicted octanol–water partition coefficient (Wildman–Crippen LogP) is 3.49. The van der Waals surface area contributed by atoms with Crippen molar-refractivity contribution >= 4 is 17.3 Å². The van der Waals surface area contributed by atoms with Crippen molar-refractivity contribution in [2.75, 3.05) is 49.6 Å². The van der Waals surface area contributed by atoms with Crippen LogP contribution in [-0.4, -0.2) is 56.7 Å². The average Bonchev–Trinajstić information content (AvgIpc) is 3.33. The summed E-state index contributed by atoms with van der Waals surface area (Å²) in [6.45, 7) is 6.71. The maximum Gasteiger partial charge on any atom is 0.228 e. The molecular weight excluding hydrogens is 374 g/mol. The minimum Gasteiger partial charge on any atom is -0.497 e. The van der Waals surface area contributed by atoms with E-state index in [0.717, 1.165) is 57.7 Å². The highest BCUT2D eigenvalue weighted by atomic mass is 16.5. The largest absolute Gasteiger partial charge is 0.497 e. The predicted molar refractivity (Wildman–Crippen MR) is 121 cm³/mol. The third kappa shape index (κ3) is 3.40.